The molecule has 0 saturated carbocycles. The normalized spacial score (nSPS) is 24.2. The van der Waals surface area contributed by atoms with Gasteiger partial charge in [-0.3, -0.25) is 0 Å². The average molecular weight is 184 g/mol. The maximum absolute atomic E-state index is 5.77. The van der Waals surface area contributed by atoms with Crippen molar-refractivity contribution in [3.8, 4) is 0 Å². The molecular formula is C8H12N2OS. The second-order valence-electron chi connectivity index (χ2n) is 3.02. The summed E-state index contributed by atoms with van der Waals surface area (Å²) in [5.74, 6) is 0.435. The molecule has 0 spiro atoms. The molecule has 1 aromatic rings. The van der Waals surface area contributed by atoms with E-state index in [4.69, 9.17) is 10.5 Å². The molecule has 0 radical (unpaired) electrons. The van der Waals surface area contributed by atoms with E-state index in [1.54, 1.807) is 5.51 Å². The van der Waals surface area contributed by atoms with Gasteiger partial charge < -0.3 is 10.5 Å². The average Bonchev–Trinajstić information content (AvgIpc) is 2.53. The van der Waals surface area contributed by atoms with E-state index in [0.717, 1.165) is 36.8 Å². The highest BCUT2D eigenvalue weighted by atomic mass is 32.1. The molecule has 0 bridgehead atoms. The molecule has 1 atom stereocenters. The Morgan fingerprint density at radius 2 is 2.58 bits per heavy atom. The van der Waals surface area contributed by atoms with E-state index in [9.17, 15) is 0 Å². The van der Waals surface area contributed by atoms with E-state index in [-0.39, 0.29) is 0 Å². The van der Waals surface area contributed by atoms with Crippen molar-refractivity contribution in [2.24, 2.45) is 0 Å². The van der Waals surface area contributed by atoms with E-state index < -0.39 is 0 Å². The predicted molar refractivity (Wildman–Crippen MR) is 49.3 cm³/mol. The number of rotatable bonds is 1. The van der Waals surface area contributed by atoms with Gasteiger partial charge in [0, 0.05) is 12.5 Å². The van der Waals surface area contributed by atoms with Crippen LogP contribution in [0.1, 0.15) is 24.5 Å². The molecule has 2 heterocycles. The van der Waals surface area contributed by atoms with E-state index in [0.29, 0.717) is 5.92 Å². The Kier molecular flexibility index (Phi) is 2.28. The van der Waals surface area contributed by atoms with Gasteiger partial charge in [0.1, 0.15) is 5.00 Å². The van der Waals surface area contributed by atoms with Crippen LogP contribution in [-0.2, 0) is 4.74 Å². The Hall–Kier alpha value is -0.610. The van der Waals surface area contributed by atoms with Gasteiger partial charge >= 0.3 is 0 Å². The number of hydrogen-bond acceptors (Lipinski definition) is 4. The van der Waals surface area contributed by atoms with Crippen LogP contribution in [0.5, 0.6) is 0 Å². The van der Waals surface area contributed by atoms with E-state index in [1.165, 1.54) is 11.3 Å². The Morgan fingerprint density at radius 3 is 3.17 bits per heavy atom. The summed E-state index contributed by atoms with van der Waals surface area (Å²) in [6, 6.07) is 0. The zero-order chi connectivity index (χ0) is 8.39. The van der Waals surface area contributed by atoms with Gasteiger partial charge in [0.05, 0.1) is 17.8 Å². The topological polar surface area (TPSA) is 48.1 Å². The number of aromatic nitrogens is 1. The van der Waals surface area contributed by atoms with Crippen LogP contribution in [0, 0.1) is 0 Å². The van der Waals surface area contributed by atoms with E-state index >= 15 is 0 Å². The fourth-order valence-corrected chi connectivity index (χ4v) is 2.15. The number of hydrogen-bond donors (Lipinski definition) is 1. The van der Waals surface area contributed by atoms with Crippen LogP contribution < -0.4 is 5.73 Å². The highest BCUT2D eigenvalue weighted by molar-refractivity contribution is 7.13. The molecule has 0 aliphatic carbocycles. The maximum atomic E-state index is 5.77. The van der Waals surface area contributed by atoms with Gasteiger partial charge in [0.15, 0.2) is 0 Å². The molecule has 1 aliphatic heterocycles. The van der Waals surface area contributed by atoms with Crippen molar-refractivity contribution in [3.05, 3.63) is 11.2 Å². The number of thiazole rings is 1. The molecule has 2 rings (SSSR count). The molecule has 12 heavy (non-hydrogen) atoms. The molecule has 66 valence electrons. The van der Waals surface area contributed by atoms with Crippen molar-refractivity contribution < 1.29 is 4.74 Å². The minimum atomic E-state index is 0.435. The lowest BCUT2D eigenvalue weighted by Gasteiger charge is -2.20. The summed E-state index contributed by atoms with van der Waals surface area (Å²) in [5.41, 5.74) is 8.62. The third-order valence-corrected chi connectivity index (χ3v) is 2.84. The molecular weight excluding hydrogens is 172 g/mol. The Bertz CT molecular complexity index is 255. The predicted octanol–water partition coefficient (Wildman–Crippen LogP) is 1.62. The quantitative estimate of drug-likeness (QED) is 0.721. The van der Waals surface area contributed by atoms with Crippen molar-refractivity contribution in [1.82, 2.24) is 4.98 Å². The molecule has 1 fully saturated rings. The first-order valence-electron chi connectivity index (χ1n) is 4.14. The van der Waals surface area contributed by atoms with Crippen molar-refractivity contribution in [2.45, 2.75) is 18.8 Å². The minimum Gasteiger partial charge on any atom is -0.389 e. The lowest BCUT2D eigenvalue weighted by atomic mass is 9.99. The molecule has 2 N–H and O–H groups in total. The maximum Gasteiger partial charge on any atom is 0.109 e. The Labute approximate surface area is 75.6 Å². The van der Waals surface area contributed by atoms with Crippen molar-refractivity contribution in [2.75, 3.05) is 18.9 Å². The summed E-state index contributed by atoms with van der Waals surface area (Å²) in [7, 11) is 0. The fraction of sp³-hybridized carbons (Fsp3) is 0.625. The van der Waals surface area contributed by atoms with E-state index in [1.807, 2.05) is 0 Å². The lowest BCUT2D eigenvalue weighted by Crippen LogP contribution is -2.16. The molecule has 1 saturated heterocycles. The van der Waals surface area contributed by atoms with Gasteiger partial charge in [-0.15, -0.1) is 11.3 Å². The summed E-state index contributed by atoms with van der Waals surface area (Å²) in [6.45, 7) is 1.68. The second-order valence-corrected chi connectivity index (χ2v) is 3.90. The summed E-state index contributed by atoms with van der Waals surface area (Å²) in [5, 5.41) is 0.852. The SMILES string of the molecule is Nc1scnc1C1CCCOC1. The third kappa shape index (κ3) is 1.44. The summed E-state index contributed by atoms with van der Waals surface area (Å²) < 4.78 is 5.37. The van der Waals surface area contributed by atoms with Gasteiger partial charge in [0.2, 0.25) is 0 Å². The number of nitrogen functional groups attached to an aromatic ring is 1. The molecule has 4 heteroatoms. The van der Waals surface area contributed by atoms with Crippen LogP contribution in [-0.4, -0.2) is 18.2 Å². The second kappa shape index (κ2) is 3.41. The molecule has 3 nitrogen and oxygen atoms in total. The van der Waals surface area contributed by atoms with Crippen LogP contribution in [0.25, 0.3) is 0 Å². The molecule has 1 unspecified atom stereocenters. The smallest absolute Gasteiger partial charge is 0.109 e. The largest absolute Gasteiger partial charge is 0.389 e. The van der Waals surface area contributed by atoms with Crippen LogP contribution in [0.2, 0.25) is 0 Å². The molecule has 1 aliphatic rings. The number of ether oxygens (including phenoxy) is 1. The monoisotopic (exact) mass is 184 g/mol. The van der Waals surface area contributed by atoms with Crippen LogP contribution in [0.4, 0.5) is 5.00 Å². The molecule has 0 amide bonds. The van der Waals surface area contributed by atoms with Crippen molar-refractivity contribution in [3.63, 3.8) is 0 Å². The summed E-state index contributed by atoms with van der Waals surface area (Å²) in [6.07, 6.45) is 2.29. The van der Waals surface area contributed by atoms with Gasteiger partial charge in [0.25, 0.3) is 0 Å². The van der Waals surface area contributed by atoms with Gasteiger partial charge in [-0.1, -0.05) is 0 Å². The number of nitrogens with zero attached hydrogens (tertiary/aromatic N) is 1. The number of nitrogens with two attached hydrogens (primary N) is 1. The zero-order valence-electron chi connectivity index (χ0n) is 6.82. The number of anilines is 1. The van der Waals surface area contributed by atoms with Crippen LogP contribution in [0.3, 0.4) is 0 Å². The standard InChI is InChI=1S/C8H12N2OS/c9-8-7(10-5-12-8)6-2-1-3-11-4-6/h5-6H,1-4,9H2. The van der Waals surface area contributed by atoms with Crippen molar-refractivity contribution in [1.29, 1.82) is 0 Å². The summed E-state index contributed by atoms with van der Waals surface area (Å²) in [4.78, 5) is 4.25. The first-order valence-corrected chi connectivity index (χ1v) is 5.02. The molecule has 0 aromatic carbocycles. The highest BCUT2D eigenvalue weighted by Gasteiger charge is 2.19. The first kappa shape index (κ1) is 8.01. The van der Waals surface area contributed by atoms with Crippen LogP contribution >= 0.6 is 11.3 Å². The Morgan fingerprint density at radius 1 is 1.67 bits per heavy atom. The first-order chi connectivity index (χ1) is 5.88. The van der Waals surface area contributed by atoms with Crippen molar-refractivity contribution >= 4 is 16.3 Å². The van der Waals surface area contributed by atoms with Crippen LogP contribution in [0.15, 0.2) is 5.51 Å². The molecule has 1 aromatic heterocycles. The summed E-state index contributed by atoms with van der Waals surface area (Å²) >= 11 is 1.51. The minimum absolute atomic E-state index is 0.435. The van der Waals surface area contributed by atoms with Gasteiger partial charge in [-0.2, -0.15) is 0 Å². The Balaban J connectivity index is 2.13. The van der Waals surface area contributed by atoms with Gasteiger partial charge in [-0.05, 0) is 12.8 Å². The van der Waals surface area contributed by atoms with E-state index in [2.05, 4.69) is 4.98 Å². The lowest BCUT2D eigenvalue weighted by molar-refractivity contribution is 0.0796. The third-order valence-electron chi connectivity index (χ3n) is 2.17. The van der Waals surface area contributed by atoms with Gasteiger partial charge in [-0.25, -0.2) is 4.98 Å². The zero-order valence-corrected chi connectivity index (χ0v) is 7.64. The highest BCUT2D eigenvalue weighted by Crippen LogP contribution is 2.30. The fourth-order valence-electron chi connectivity index (χ4n) is 1.53.